The van der Waals surface area contributed by atoms with E-state index in [1.54, 1.807) is 18.1 Å². The maximum atomic E-state index is 13.3. The second-order valence-electron chi connectivity index (χ2n) is 6.67. The number of rotatable bonds is 4. The summed E-state index contributed by atoms with van der Waals surface area (Å²) in [5, 5.41) is 11.1. The molecule has 0 aromatic heterocycles. The van der Waals surface area contributed by atoms with Crippen LogP contribution in [-0.2, 0) is 6.54 Å². The van der Waals surface area contributed by atoms with Crippen molar-refractivity contribution in [2.75, 3.05) is 7.11 Å². The summed E-state index contributed by atoms with van der Waals surface area (Å²) in [4.78, 5) is 15.0. The van der Waals surface area contributed by atoms with Crippen molar-refractivity contribution in [3.63, 3.8) is 0 Å². The van der Waals surface area contributed by atoms with Gasteiger partial charge in [-0.2, -0.15) is 0 Å². The molecule has 1 amide bonds. The number of hydrogen-bond acceptors (Lipinski definition) is 3. The largest absolute Gasteiger partial charge is 0.497 e. The summed E-state index contributed by atoms with van der Waals surface area (Å²) in [6.45, 7) is 0.432. The molecule has 0 fully saturated rings. The van der Waals surface area contributed by atoms with Gasteiger partial charge in [-0.3, -0.25) is 4.79 Å². The number of ether oxygens (including phenoxy) is 1. The summed E-state index contributed by atoms with van der Waals surface area (Å²) in [7, 11) is 1.62. The number of benzene rings is 3. The van der Waals surface area contributed by atoms with E-state index in [0.29, 0.717) is 17.7 Å². The van der Waals surface area contributed by atoms with Gasteiger partial charge in [-0.25, -0.2) is 0 Å². The highest BCUT2D eigenvalue weighted by molar-refractivity contribution is 5.97. The number of hydrogen-bond donors (Lipinski definition) is 1. The summed E-state index contributed by atoms with van der Waals surface area (Å²) in [6.07, 6.45) is -0.795. The lowest BCUT2D eigenvalue weighted by atomic mass is 9.86. The number of aliphatic hydroxyl groups is 1. The molecule has 2 unspecified atom stereocenters. The Hall–Kier alpha value is -3.11. The van der Waals surface area contributed by atoms with Crippen molar-refractivity contribution in [3.05, 3.63) is 101 Å². The highest BCUT2D eigenvalue weighted by Gasteiger charge is 2.39. The van der Waals surface area contributed by atoms with Crippen LogP contribution in [0.5, 0.6) is 5.75 Å². The minimum atomic E-state index is -0.795. The van der Waals surface area contributed by atoms with Crippen LogP contribution in [0.2, 0.25) is 0 Å². The Morgan fingerprint density at radius 1 is 0.926 bits per heavy atom. The molecule has 4 rings (SSSR count). The van der Waals surface area contributed by atoms with E-state index in [4.69, 9.17) is 4.74 Å². The van der Waals surface area contributed by atoms with Gasteiger partial charge in [0.2, 0.25) is 0 Å². The lowest BCUT2D eigenvalue weighted by Crippen LogP contribution is -2.42. The van der Waals surface area contributed by atoms with Gasteiger partial charge in [0.05, 0.1) is 13.2 Å². The zero-order valence-corrected chi connectivity index (χ0v) is 15.1. The fourth-order valence-electron chi connectivity index (χ4n) is 3.68. The summed E-state index contributed by atoms with van der Waals surface area (Å²) in [6, 6.07) is 24.2. The highest BCUT2D eigenvalue weighted by atomic mass is 16.5. The Bertz CT molecular complexity index is 937. The van der Waals surface area contributed by atoms with E-state index in [2.05, 4.69) is 0 Å². The molecule has 3 aromatic rings. The predicted octanol–water partition coefficient (Wildman–Crippen LogP) is 4.13. The van der Waals surface area contributed by atoms with Gasteiger partial charge in [-0.1, -0.05) is 60.7 Å². The van der Waals surface area contributed by atoms with Crippen molar-refractivity contribution < 1.29 is 14.6 Å². The SMILES string of the molecule is COc1ccc(C2C(O)c3ccccc3C(=O)N2Cc2ccccc2)cc1. The van der Waals surface area contributed by atoms with Gasteiger partial charge in [-0.15, -0.1) is 0 Å². The minimum absolute atomic E-state index is 0.0689. The Morgan fingerprint density at radius 2 is 1.59 bits per heavy atom. The third kappa shape index (κ3) is 3.20. The average Bonchev–Trinajstić information content (AvgIpc) is 2.73. The molecule has 1 aliphatic rings. The van der Waals surface area contributed by atoms with Crippen LogP contribution in [0.3, 0.4) is 0 Å². The van der Waals surface area contributed by atoms with Crippen molar-refractivity contribution in [3.8, 4) is 5.75 Å². The predicted molar refractivity (Wildman–Crippen MR) is 103 cm³/mol. The molecular formula is C23H21NO3. The molecule has 0 spiro atoms. The monoisotopic (exact) mass is 359 g/mol. The first-order valence-corrected chi connectivity index (χ1v) is 8.95. The maximum Gasteiger partial charge on any atom is 0.255 e. The maximum absolute atomic E-state index is 13.3. The number of methoxy groups -OCH3 is 1. The Labute approximate surface area is 158 Å². The molecule has 1 N–H and O–H groups in total. The van der Waals surface area contributed by atoms with E-state index in [9.17, 15) is 9.90 Å². The van der Waals surface area contributed by atoms with Gasteiger partial charge in [0.1, 0.15) is 11.9 Å². The van der Waals surface area contributed by atoms with Gasteiger partial charge < -0.3 is 14.7 Å². The topological polar surface area (TPSA) is 49.8 Å². The third-order valence-corrected chi connectivity index (χ3v) is 5.06. The molecular weight excluding hydrogens is 338 g/mol. The first-order chi connectivity index (χ1) is 13.2. The van der Waals surface area contributed by atoms with Crippen LogP contribution < -0.4 is 4.74 Å². The smallest absolute Gasteiger partial charge is 0.255 e. The van der Waals surface area contributed by atoms with Crippen molar-refractivity contribution >= 4 is 5.91 Å². The number of carbonyl (C=O) groups excluding carboxylic acids is 1. The number of carbonyl (C=O) groups is 1. The summed E-state index contributed by atoms with van der Waals surface area (Å²) in [5.41, 5.74) is 3.14. The Kier molecular flexibility index (Phi) is 4.65. The van der Waals surface area contributed by atoms with Crippen LogP contribution in [0.1, 0.15) is 39.2 Å². The normalized spacial score (nSPS) is 18.9. The Morgan fingerprint density at radius 3 is 2.30 bits per heavy atom. The van der Waals surface area contributed by atoms with Crippen molar-refractivity contribution in [1.29, 1.82) is 0 Å². The Balaban J connectivity index is 1.79. The van der Waals surface area contributed by atoms with Crippen LogP contribution in [0.25, 0.3) is 0 Å². The molecule has 4 heteroatoms. The van der Waals surface area contributed by atoms with Gasteiger partial charge in [0.25, 0.3) is 5.91 Å². The quantitative estimate of drug-likeness (QED) is 0.762. The first kappa shape index (κ1) is 17.3. The molecule has 0 bridgehead atoms. The lowest BCUT2D eigenvalue weighted by molar-refractivity contribution is 0.0221. The fourth-order valence-corrected chi connectivity index (χ4v) is 3.68. The zero-order valence-electron chi connectivity index (χ0n) is 15.1. The van der Waals surface area contributed by atoms with Crippen molar-refractivity contribution in [2.45, 2.75) is 18.7 Å². The summed E-state index contributed by atoms with van der Waals surface area (Å²) < 4.78 is 5.24. The molecule has 3 aromatic carbocycles. The van der Waals surface area contributed by atoms with E-state index < -0.39 is 12.1 Å². The van der Waals surface area contributed by atoms with Gasteiger partial charge >= 0.3 is 0 Å². The van der Waals surface area contributed by atoms with Crippen LogP contribution in [-0.4, -0.2) is 23.0 Å². The van der Waals surface area contributed by atoms with E-state index in [-0.39, 0.29) is 5.91 Å². The number of amides is 1. The number of aliphatic hydroxyl groups excluding tert-OH is 1. The zero-order chi connectivity index (χ0) is 18.8. The standard InChI is InChI=1S/C23H21NO3/c1-27-18-13-11-17(12-14-18)21-22(25)19-9-5-6-10-20(19)23(26)24(21)15-16-7-3-2-4-8-16/h2-14,21-22,25H,15H2,1H3. The van der Waals surface area contributed by atoms with Crippen LogP contribution in [0.4, 0.5) is 0 Å². The van der Waals surface area contributed by atoms with Gasteiger partial charge in [-0.05, 0) is 34.9 Å². The molecule has 1 heterocycles. The summed E-state index contributed by atoms with van der Waals surface area (Å²) in [5.74, 6) is 0.672. The van der Waals surface area contributed by atoms with Crippen LogP contribution >= 0.6 is 0 Å². The van der Waals surface area contributed by atoms with Gasteiger partial charge in [0.15, 0.2) is 0 Å². The molecule has 0 saturated carbocycles. The molecule has 0 aliphatic carbocycles. The van der Waals surface area contributed by atoms with E-state index >= 15 is 0 Å². The fraction of sp³-hybridized carbons (Fsp3) is 0.174. The molecule has 1 aliphatic heterocycles. The number of fused-ring (bicyclic) bond motifs is 1. The molecule has 4 nitrogen and oxygen atoms in total. The third-order valence-electron chi connectivity index (χ3n) is 5.06. The molecule has 0 saturated heterocycles. The lowest BCUT2D eigenvalue weighted by Gasteiger charge is -2.40. The molecule has 0 radical (unpaired) electrons. The van der Waals surface area contributed by atoms with Crippen molar-refractivity contribution in [1.82, 2.24) is 4.90 Å². The van der Waals surface area contributed by atoms with E-state index in [0.717, 1.165) is 16.9 Å². The van der Waals surface area contributed by atoms with E-state index in [1.165, 1.54) is 0 Å². The minimum Gasteiger partial charge on any atom is -0.497 e. The molecule has 136 valence electrons. The van der Waals surface area contributed by atoms with Crippen molar-refractivity contribution in [2.24, 2.45) is 0 Å². The first-order valence-electron chi connectivity index (χ1n) is 8.95. The number of nitrogens with zero attached hydrogens (tertiary/aromatic N) is 1. The second-order valence-corrected chi connectivity index (χ2v) is 6.67. The summed E-state index contributed by atoms with van der Waals surface area (Å²) >= 11 is 0. The molecule has 27 heavy (non-hydrogen) atoms. The van der Waals surface area contributed by atoms with Gasteiger partial charge in [0, 0.05) is 12.1 Å². The van der Waals surface area contributed by atoms with E-state index in [1.807, 2.05) is 72.8 Å². The van der Waals surface area contributed by atoms with Crippen LogP contribution in [0.15, 0.2) is 78.9 Å². The van der Waals surface area contributed by atoms with Crippen LogP contribution in [0, 0.1) is 0 Å². The second kappa shape index (κ2) is 7.25. The average molecular weight is 359 g/mol. The highest BCUT2D eigenvalue weighted by Crippen LogP contribution is 2.42. The molecule has 2 atom stereocenters.